The van der Waals surface area contributed by atoms with E-state index in [0.29, 0.717) is 56.9 Å². The van der Waals surface area contributed by atoms with Crippen molar-refractivity contribution in [2.24, 2.45) is 39.9 Å². The van der Waals surface area contributed by atoms with E-state index in [1.165, 1.54) is 6.92 Å². The largest absolute Gasteiger partial charge is 0.480 e. The van der Waals surface area contributed by atoms with E-state index in [9.17, 15) is 80.8 Å². The minimum absolute atomic E-state index is 0.0726. The summed E-state index contributed by atoms with van der Waals surface area (Å²) in [5.41, 5.74) is -0.571. The van der Waals surface area contributed by atoms with Gasteiger partial charge < -0.3 is 110 Å². The Balaban J connectivity index is 0.968. The number of hydrogen-bond acceptors (Lipinski definition) is 23. The number of amides is 1. The second-order valence-electron chi connectivity index (χ2n) is 23.9. The molecule has 4 aliphatic carbocycles. The van der Waals surface area contributed by atoms with E-state index in [0.717, 1.165) is 5.57 Å². The lowest BCUT2D eigenvalue weighted by Gasteiger charge is -2.64. The maximum atomic E-state index is 14.9. The summed E-state index contributed by atoms with van der Waals surface area (Å²) < 4.78 is 49.0. The zero-order chi connectivity index (χ0) is 57.2. The number of aliphatic carboxylic acids is 1. The Morgan fingerprint density at radius 1 is 0.684 bits per heavy atom. The summed E-state index contributed by atoms with van der Waals surface area (Å²) in [4.78, 5) is 40.9. The van der Waals surface area contributed by atoms with Gasteiger partial charge in [0.25, 0.3) is 5.91 Å². The SMILES string of the molecule is C=C1CC23CC[C@H]4[C@@](C)(CCC[C@@]4(C)C(=O)OC4O[C@H](C(=O)N[C@H](Cc5ccccc5)C(=O)O)[C@@H](O)[C@H](C)[C@H]4O)[C@@H]2CC(O[C@@H]2O[C@H](CO)[C@@H](O)C(O[C@@H]4O[C@H](CO)[C@@H](O)[C@H](O)[C@H]4O)[C@H]2O[C@@H]2O[C@H](CO)[C@@H](O)[C@H](O)[C@H]2O)C1C3. The maximum Gasteiger partial charge on any atom is 0.326 e. The number of carboxylic acid groups (broad SMARTS) is 1. The smallest absolute Gasteiger partial charge is 0.326 e. The predicted molar refractivity (Wildman–Crippen MR) is 265 cm³/mol. The van der Waals surface area contributed by atoms with Crippen LogP contribution in [-0.4, -0.2) is 233 Å². The zero-order valence-corrected chi connectivity index (χ0v) is 44.3. The van der Waals surface area contributed by atoms with Crippen LogP contribution in [-0.2, 0) is 58.7 Å². The van der Waals surface area contributed by atoms with Crippen LogP contribution < -0.4 is 5.32 Å². The van der Waals surface area contributed by atoms with Crippen LogP contribution in [0.1, 0.15) is 77.7 Å². The summed E-state index contributed by atoms with van der Waals surface area (Å²) in [6, 6.07) is 7.21. The van der Waals surface area contributed by atoms with Crippen molar-refractivity contribution >= 4 is 17.8 Å². The third-order valence-corrected chi connectivity index (χ3v) is 19.3. The highest BCUT2D eigenvalue weighted by molar-refractivity contribution is 5.87. The number of carbonyl (C=O) groups is 3. The van der Waals surface area contributed by atoms with Crippen LogP contribution in [0.15, 0.2) is 42.5 Å². The summed E-state index contributed by atoms with van der Waals surface area (Å²) >= 11 is 0. The molecule has 2 bridgehead atoms. The first kappa shape index (κ1) is 60.2. The van der Waals surface area contributed by atoms with Crippen LogP contribution >= 0.6 is 0 Å². The third kappa shape index (κ3) is 11.1. The molecule has 5 unspecified atom stereocenters. The Kier molecular flexibility index (Phi) is 18.1. The highest BCUT2D eigenvalue weighted by atomic mass is 16.8. The first-order valence-electron chi connectivity index (χ1n) is 27.4. The summed E-state index contributed by atoms with van der Waals surface area (Å²) in [6.07, 6.45) is -29.5. The van der Waals surface area contributed by atoms with E-state index >= 15 is 0 Å². The molecule has 4 heterocycles. The molecule has 8 aliphatic rings. The number of aliphatic hydroxyl groups is 12. The molecule has 444 valence electrons. The second-order valence-corrected chi connectivity index (χ2v) is 23.9. The topological polar surface area (TPSA) is 400 Å². The quantitative estimate of drug-likeness (QED) is 0.0441. The normalized spacial score (nSPS) is 48.3. The molecule has 8 fully saturated rings. The van der Waals surface area contributed by atoms with Crippen LogP contribution in [0.25, 0.3) is 0 Å². The van der Waals surface area contributed by atoms with Gasteiger partial charge in [-0.2, -0.15) is 0 Å². The molecule has 0 aromatic heterocycles. The summed E-state index contributed by atoms with van der Waals surface area (Å²) in [5, 5.41) is 142. The van der Waals surface area contributed by atoms with Crippen LogP contribution in [0.4, 0.5) is 0 Å². The van der Waals surface area contributed by atoms with E-state index < -0.39 is 183 Å². The van der Waals surface area contributed by atoms with Gasteiger partial charge in [-0.1, -0.05) is 62.8 Å². The van der Waals surface area contributed by atoms with E-state index in [1.54, 1.807) is 30.3 Å². The van der Waals surface area contributed by atoms with Gasteiger partial charge in [0.15, 0.2) is 25.0 Å². The van der Waals surface area contributed by atoms with Gasteiger partial charge in [0, 0.05) is 18.3 Å². The molecule has 4 saturated carbocycles. The van der Waals surface area contributed by atoms with Crippen molar-refractivity contribution in [1.29, 1.82) is 0 Å². The first-order valence-corrected chi connectivity index (χ1v) is 27.4. The van der Waals surface area contributed by atoms with Gasteiger partial charge in [-0.25, -0.2) is 4.79 Å². The number of rotatable bonds is 16. The monoisotopic (exact) mass is 1130 g/mol. The standard InChI is InChI=1S/C54H79NO24/c1-22-17-54-14-11-31-52(3,12-8-13-53(31,4)51(71)79-47-34(60)23(2)33(59)43(77-47)45(68)55-26(46(69)70)15-24-9-6-5-7-10-24)32(54)16-27(25(22)18-54)72-50-44(78-49-41(67)39(65)36(62)29(20-57)74-49)42(37(63)30(21-58)75-50)76-48-40(66)38(64)35(61)28(19-56)73-48/h5-7,9-10,23,25-44,47-50,56-67H,1,8,11-21H2,2-4H3,(H,55,68)(H,69,70)/t23-,25?,26+,27?,28+,29+,30+,31-,32-,33-,34+,35+,36+,37+,38-,39-,40+,41+,42?,43-,44+,47?,48-,49-,50+,52+,53+,54?/m0/s1. The van der Waals surface area contributed by atoms with Crippen LogP contribution in [0, 0.1) is 39.9 Å². The molecule has 1 amide bonds. The van der Waals surface area contributed by atoms with Gasteiger partial charge >= 0.3 is 11.9 Å². The van der Waals surface area contributed by atoms with Gasteiger partial charge in [0.05, 0.1) is 37.4 Å². The molecule has 9 rings (SSSR count). The van der Waals surface area contributed by atoms with Gasteiger partial charge in [-0.15, -0.1) is 0 Å². The fourth-order valence-electron chi connectivity index (χ4n) is 14.9. The van der Waals surface area contributed by atoms with Gasteiger partial charge in [-0.05, 0) is 80.1 Å². The minimum atomic E-state index is -1.99. The van der Waals surface area contributed by atoms with Crippen molar-refractivity contribution in [3.63, 3.8) is 0 Å². The summed E-state index contributed by atoms with van der Waals surface area (Å²) in [7, 11) is 0. The molecule has 0 radical (unpaired) electrons. The van der Waals surface area contributed by atoms with Crippen LogP contribution in [0.3, 0.4) is 0 Å². The second kappa shape index (κ2) is 23.7. The van der Waals surface area contributed by atoms with E-state index in [2.05, 4.69) is 18.8 Å². The molecule has 25 nitrogen and oxygen atoms in total. The fraction of sp³-hybridized carbons (Fsp3) is 0.796. The molecule has 1 aromatic rings. The third-order valence-electron chi connectivity index (χ3n) is 19.3. The average Bonchev–Trinajstić information content (AvgIpc) is 3.91. The number of carbonyl (C=O) groups excluding carboxylic acids is 2. The number of ether oxygens (including phenoxy) is 8. The highest BCUT2D eigenvalue weighted by Crippen LogP contribution is 2.72. The lowest BCUT2D eigenvalue weighted by atomic mass is 9.40. The maximum absolute atomic E-state index is 14.9. The number of hydrogen-bond donors (Lipinski definition) is 14. The van der Waals surface area contributed by atoms with Crippen molar-refractivity contribution in [2.75, 3.05) is 19.8 Å². The van der Waals surface area contributed by atoms with E-state index in [-0.39, 0.29) is 29.6 Å². The molecular weight excluding hydrogens is 1050 g/mol. The molecule has 1 spiro atoms. The summed E-state index contributed by atoms with van der Waals surface area (Å²) in [5.74, 6) is -4.85. The Labute approximate surface area is 455 Å². The number of fused-ring (bicyclic) bond motifs is 3. The summed E-state index contributed by atoms with van der Waals surface area (Å²) in [6.45, 7) is 7.42. The molecule has 14 N–H and O–H groups in total. The molecule has 1 aromatic carbocycles. The molecule has 4 aliphatic heterocycles. The minimum Gasteiger partial charge on any atom is -0.480 e. The first-order chi connectivity index (χ1) is 37.4. The Hall–Kier alpha value is -3.39. The molecule has 25 heteroatoms. The van der Waals surface area contributed by atoms with Crippen LogP contribution in [0.5, 0.6) is 0 Å². The molecule has 4 saturated heterocycles. The number of benzene rings is 1. The number of aliphatic hydroxyl groups excluding tert-OH is 12. The van der Waals surface area contributed by atoms with Crippen molar-refractivity contribution in [3.8, 4) is 0 Å². The molecule has 28 atom stereocenters. The van der Waals surface area contributed by atoms with Crippen molar-refractivity contribution in [2.45, 2.75) is 207 Å². The van der Waals surface area contributed by atoms with Gasteiger partial charge in [0.1, 0.15) is 85.4 Å². The van der Waals surface area contributed by atoms with Crippen LogP contribution in [0.2, 0.25) is 0 Å². The molecule has 79 heavy (non-hydrogen) atoms. The Morgan fingerprint density at radius 3 is 1.86 bits per heavy atom. The van der Waals surface area contributed by atoms with E-state index in [1.807, 2.05) is 6.92 Å². The van der Waals surface area contributed by atoms with Crippen molar-refractivity contribution in [3.05, 3.63) is 48.0 Å². The lowest BCUT2D eigenvalue weighted by molar-refractivity contribution is -0.397. The number of carboxylic acids is 1. The van der Waals surface area contributed by atoms with Gasteiger partial charge in [-0.3, -0.25) is 9.59 Å². The van der Waals surface area contributed by atoms with Crippen molar-refractivity contribution in [1.82, 2.24) is 5.32 Å². The number of nitrogens with one attached hydrogen (secondary N) is 1. The Bertz CT molecular complexity index is 2310. The fourth-order valence-corrected chi connectivity index (χ4v) is 14.9. The van der Waals surface area contributed by atoms with Gasteiger partial charge in [0.2, 0.25) is 6.29 Å². The predicted octanol–water partition coefficient (Wildman–Crippen LogP) is -3.16. The van der Waals surface area contributed by atoms with E-state index in [4.69, 9.17) is 37.9 Å². The lowest BCUT2D eigenvalue weighted by Crippen LogP contribution is -2.67. The zero-order valence-electron chi connectivity index (χ0n) is 44.3. The molecular formula is C54H79NO24. The number of esters is 1. The average molecular weight is 1130 g/mol. The van der Waals surface area contributed by atoms with Crippen molar-refractivity contribution < 1.29 is 119 Å². The highest BCUT2D eigenvalue weighted by Gasteiger charge is 2.68. The Morgan fingerprint density at radius 2 is 1.27 bits per heavy atom.